The third-order valence-electron chi connectivity index (χ3n) is 5.11. The van der Waals surface area contributed by atoms with Gasteiger partial charge in [0.2, 0.25) is 10.0 Å². The van der Waals surface area contributed by atoms with Crippen LogP contribution in [-0.4, -0.2) is 14.5 Å². The third-order valence-corrected chi connectivity index (χ3v) is 6.68. The van der Waals surface area contributed by atoms with Gasteiger partial charge in [0, 0.05) is 6.04 Å². The molecule has 0 radical (unpaired) electrons. The Labute approximate surface area is 121 Å². The van der Waals surface area contributed by atoms with Crippen LogP contribution in [0.5, 0.6) is 0 Å². The van der Waals surface area contributed by atoms with Crippen molar-refractivity contribution >= 4 is 10.0 Å². The molecule has 0 heterocycles. The van der Waals surface area contributed by atoms with Gasteiger partial charge in [0.15, 0.2) is 0 Å². The Morgan fingerprint density at radius 2 is 1.85 bits per heavy atom. The lowest BCUT2D eigenvalue weighted by Crippen LogP contribution is -2.40. The molecule has 0 spiro atoms. The van der Waals surface area contributed by atoms with E-state index in [1.807, 2.05) is 26.0 Å². The summed E-state index contributed by atoms with van der Waals surface area (Å²) in [5.41, 5.74) is 1.07. The summed E-state index contributed by atoms with van der Waals surface area (Å²) >= 11 is 0. The molecule has 1 aromatic carbocycles. The molecule has 0 aliphatic heterocycles. The molecule has 3 rings (SSSR count). The molecule has 4 atom stereocenters. The van der Waals surface area contributed by atoms with Crippen molar-refractivity contribution in [2.75, 3.05) is 0 Å². The van der Waals surface area contributed by atoms with Crippen molar-refractivity contribution in [1.82, 2.24) is 4.72 Å². The van der Waals surface area contributed by atoms with E-state index < -0.39 is 10.0 Å². The molecule has 1 aromatic rings. The van der Waals surface area contributed by atoms with E-state index >= 15 is 0 Å². The largest absolute Gasteiger partial charge is 0.240 e. The highest BCUT2D eigenvalue weighted by molar-refractivity contribution is 7.89. The number of nitrogens with one attached hydrogen (secondary N) is 1. The Morgan fingerprint density at radius 3 is 2.40 bits per heavy atom. The summed E-state index contributed by atoms with van der Waals surface area (Å²) in [4.78, 5) is 0.373. The van der Waals surface area contributed by atoms with Gasteiger partial charge in [-0.25, -0.2) is 13.1 Å². The summed E-state index contributed by atoms with van der Waals surface area (Å²) in [6.07, 6.45) is 5.13. The van der Waals surface area contributed by atoms with Gasteiger partial charge in [-0.15, -0.1) is 0 Å². The standard InChI is InChI=1S/C16H23NO2S/c1-11-3-7-15(8-4-11)20(18,19)17-12(2)16-10-13-5-6-14(16)9-13/h3-4,7-8,12-14,16-17H,5-6,9-10H2,1-2H3/t12-,13+,14+,16+/m1/s1. The number of sulfonamides is 1. The average molecular weight is 293 g/mol. The molecule has 1 N–H and O–H groups in total. The maximum Gasteiger partial charge on any atom is 0.240 e. The second-order valence-corrected chi connectivity index (χ2v) is 8.28. The zero-order valence-corrected chi connectivity index (χ0v) is 13.0. The molecule has 4 heteroatoms. The monoisotopic (exact) mass is 293 g/mol. The molecule has 2 fully saturated rings. The topological polar surface area (TPSA) is 46.2 Å². The zero-order chi connectivity index (χ0) is 14.3. The highest BCUT2D eigenvalue weighted by Crippen LogP contribution is 2.49. The van der Waals surface area contributed by atoms with Gasteiger partial charge in [-0.2, -0.15) is 0 Å². The average Bonchev–Trinajstić information content (AvgIpc) is 3.01. The quantitative estimate of drug-likeness (QED) is 0.927. The third kappa shape index (κ3) is 2.63. The number of benzene rings is 1. The molecule has 0 unspecified atom stereocenters. The minimum absolute atomic E-state index is 0.0385. The molecule has 0 amide bonds. The fraction of sp³-hybridized carbons (Fsp3) is 0.625. The van der Waals surface area contributed by atoms with Gasteiger partial charge in [0.1, 0.15) is 0 Å². The van der Waals surface area contributed by atoms with Crippen LogP contribution in [0.1, 0.15) is 38.2 Å². The first-order chi connectivity index (χ1) is 9.45. The lowest BCUT2D eigenvalue weighted by atomic mass is 9.84. The van der Waals surface area contributed by atoms with Crippen LogP contribution in [0, 0.1) is 24.7 Å². The van der Waals surface area contributed by atoms with Crippen molar-refractivity contribution in [1.29, 1.82) is 0 Å². The summed E-state index contributed by atoms with van der Waals surface area (Å²) in [6.45, 7) is 3.98. The van der Waals surface area contributed by atoms with Crippen LogP contribution >= 0.6 is 0 Å². The fourth-order valence-corrected chi connectivity index (χ4v) is 5.32. The van der Waals surface area contributed by atoms with Crippen molar-refractivity contribution in [3.8, 4) is 0 Å². The van der Waals surface area contributed by atoms with Gasteiger partial charge in [0.25, 0.3) is 0 Å². The molecule has 2 bridgehead atoms. The van der Waals surface area contributed by atoms with E-state index in [2.05, 4.69) is 4.72 Å². The molecule has 2 saturated carbocycles. The number of hydrogen-bond donors (Lipinski definition) is 1. The Morgan fingerprint density at radius 1 is 1.15 bits per heavy atom. The summed E-state index contributed by atoms with van der Waals surface area (Å²) in [6, 6.07) is 7.10. The van der Waals surface area contributed by atoms with Gasteiger partial charge >= 0.3 is 0 Å². The van der Waals surface area contributed by atoms with Crippen molar-refractivity contribution in [3.05, 3.63) is 29.8 Å². The van der Waals surface area contributed by atoms with E-state index in [0.29, 0.717) is 10.8 Å². The normalized spacial score (nSPS) is 30.6. The second-order valence-electron chi connectivity index (χ2n) is 6.56. The highest BCUT2D eigenvalue weighted by atomic mass is 32.2. The van der Waals surface area contributed by atoms with E-state index in [0.717, 1.165) is 17.4 Å². The van der Waals surface area contributed by atoms with Crippen molar-refractivity contribution in [3.63, 3.8) is 0 Å². The van der Waals surface area contributed by atoms with Crippen LogP contribution in [0.15, 0.2) is 29.2 Å². The van der Waals surface area contributed by atoms with Crippen LogP contribution in [-0.2, 0) is 10.0 Å². The molecular formula is C16H23NO2S. The van der Waals surface area contributed by atoms with Gasteiger partial charge in [-0.1, -0.05) is 24.1 Å². The molecule has 110 valence electrons. The Bertz CT molecular complexity index is 579. The highest BCUT2D eigenvalue weighted by Gasteiger charge is 2.42. The van der Waals surface area contributed by atoms with E-state index in [9.17, 15) is 8.42 Å². The Hall–Kier alpha value is -0.870. The second kappa shape index (κ2) is 5.15. The molecular weight excluding hydrogens is 270 g/mol. The lowest BCUT2D eigenvalue weighted by molar-refractivity contribution is 0.280. The number of aryl methyl sites for hydroxylation is 1. The number of hydrogen-bond acceptors (Lipinski definition) is 2. The minimum atomic E-state index is -3.38. The van der Waals surface area contributed by atoms with Crippen molar-refractivity contribution < 1.29 is 8.42 Å². The number of rotatable bonds is 4. The van der Waals surface area contributed by atoms with E-state index in [4.69, 9.17) is 0 Å². The molecule has 3 nitrogen and oxygen atoms in total. The molecule has 0 saturated heterocycles. The van der Waals surface area contributed by atoms with Crippen molar-refractivity contribution in [2.45, 2.75) is 50.5 Å². The van der Waals surface area contributed by atoms with Crippen LogP contribution in [0.25, 0.3) is 0 Å². The van der Waals surface area contributed by atoms with Crippen LogP contribution in [0.3, 0.4) is 0 Å². The van der Waals surface area contributed by atoms with Crippen LogP contribution in [0.2, 0.25) is 0 Å². The summed E-state index contributed by atoms with van der Waals surface area (Å²) in [5.74, 6) is 2.10. The maximum atomic E-state index is 12.4. The van der Waals surface area contributed by atoms with Gasteiger partial charge in [-0.3, -0.25) is 0 Å². The first-order valence-corrected chi connectivity index (χ1v) is 9.03. The molecule has 0 aromatic heterocycles. The minimum Gasteiger partial charge on any atom is -0.208 e. The van der Waals surface area contributed by atoms with E-state index in [1.54, 1.807) is 12.1 Å². The Kier molecular flexibility index (Phi) is 3.63. The van der Waals surface area contributed by atoms with Gasteiger partial charge < -0.3 is 0 Å². The summed E-state index contributed by atoms with van der Waals surface area (Å²) < 4.78 is 27.7. The van der Waals surface area contributed by atoms with Gasteiger partial charge in [0.05, 0.1) is 4.90 Å². The smallest absolute Gasteiger partial charge is 0.208 e. The zero-order valence-electron chi connectivity index (χ0n) is 12.2. The first-order valence-electron chi connectivity index (χ1n) is 7.55. The van der Waals surface area contributed by atoms with Crippen LogP contribution < -0.4 is 4.72 Å². The Balaban J connectivity index is 1.71. The summed E-state index contributed by atoms with van der Waals surface area (Å²) in [5, 5.41) is 0. The SMILES string of the molecule is Cc1ccc(S(=O)(=O)N[C@H](C)[C@@H]2C[C@H]3CC[C@H]2C3)cc1. The predicted molar refractivity (Wildman–Crippen MR) is 79.9 cm³/mol. The van der Waals surface area contributed by atoms with Gasteiger partial charge in [-0.05, 0) is 63.0 Å². The molecule has 2 aliphatic carbocycles. The predicted octanol–water partition coefficient (Wildman–Crippen LogP) is 3.10. The van der Waals surface area contributed by atoms with E-state index in [-0.39, 0.29) is 6.04 Å². The molecule has 2 aliphatic rings. The number of fused-ring (bicyclic) bond motifs is 2. The summed E-state index contributed by atoms with van der Waals surface area (Å²) in [7, 11) is -3.38. The van der Waals surface area contributed by atoms with E-state index in [1.165, 1.54) is 25.7 Å². The van der Waals surface area contributed by atoms with Crippen molar-refractivity contribution in [2.24, 2.45) is 17.8 Å². The van der Waals surface area contributed by atoms with Crippen LogP contribution in [0.4, 0.5) is 0 Å². The fourth-order valence-electron chi connectivity index (χ4n) is 4.02. The lowest BCUT2D eigenvalue weighted by Gasteiger charge is -2.28. The maximum absolute atomic E-state index is 12.4. The molecule has 20 heavy (non-hydrogen) atoms. The first kappa shape index (κ1) is 14.1.